The number of ether oxygens (including phenoxy) is 1. The fourth-order valence-corrected chi connectivity index (χ4v) is 4.39. The van der Waals surface area contributed by atoms with Gasteiger partial charge in [-0.2, -0.15) is 4.31 Å². The first-order valence-electron chi connectivity index (χ1n) is 8.24. The van der Waals surface area contributed by atoms with Crippen LogP contribution in [-0.2, 0) is 14.8 Å². The normalized spacial score (nSPS) is 15.5. The molecule has 1 heterocycles. The first kappa shape index (κ1) is 19.8. The molecule has 0 unspecified atom stereocenters. The first-order valence-corrected chi connectivity index (χ1v) is 10.1. The lowest BCUT2D eigenvalue weighted by Crippen LogP contribution is -2.40. The summed E-state index contributed by atoms with van der Waals surface area (Å²) < 4.78 is 46.1. The van der Waals surface area contributed by atoms with Crippen LogP contribution in [0.3, 0.4) is 0 Å². The fraction of sp³-hybridized carbons (Fsp3) is 0.278. The van der Waals surface area contributed by atoms with Gasteiger partial charge in [-0.25, -0.2) is 12.8 Å². The van der Waals surface area contributed by atoms with Crippen molar-refractivity contribution in [1.29, 1.82) is 0 Å². The quantitative estimate of drug-likeness (QED) is 0.837. The Bertz CT molecular complexity index is 975. The molecule has 0 atom stereocenters. The van der Waals surface area contributed by atoms with E-state index in [4.69, 9.17) is 16.3 Å². The predicted molar refractivity (Wildman–Crippen MR) is 100 cm³/mol. The number of hydrogen-bond donors (Lipinski definition) is 1. The molecule has 2 aromatic rings. The zero-order valence-electron chi connectivity index (χ0n) is 14.5. The number of carbonyl (C=O) groups is 1. The lowest BCUT2D eigenvalue weighted by atomic mass is 10.1. The summed E-state index contributed by atoms with van der Waals surface area (Å²) in [4.78, 5) is 12.4. The molecule has 1 amide bonds. The number of amides is 1. The van der Waals surface area contributed by atoms with Crippen molar-refractivity contribution < 1.29 is 22.3 Å². The highest BCUT2D eigenvalue weighted by Gasteiger charge is 2.28. The molecule has 1 saturated heterocycles. The Morgan fingerprint density at radius 1 is 1.19 bits per heavy atom. The minimum absolute atomic E-state index is 0.135. The van der Waals surface area contributed by atoms with Crippen molar-refractivity contribution in [2.75, 3.05) is 31.6 Å². The summed E-state index contributed by atoms with van der Waals surface area (Å²) in [5.74, 6) is -1.54. The van der Waals surface area contributed by atoms with Gasteiger partial charge < -0.3 is 10.1 Å². The summed E-state index contributed by atoms with van der Waals surface area (Å²) >= 11 is 5.89. The van der Waals surface area contributed by atoms with Crippen molar-refractivity contribution in [2.45, 2.75) is 11.8 Å². The molecule has 1 aliphatic rings. The van der Waals surface area contributed by atoms with E-state index in [-0.39, 0.29) is 23.5 Å². The van der Waals surface area contributed by atoms with Gasteiger partial charge in [-0.3, -0.25) is 4.79 Å². The van der Waals surface area contributed by atoms with Crippen molar-refractivity contribution >= 4 is 33.2 Å². The van der Waals surface area contributed by atoms with Crippen LogP contribution in [0, 0.1) is 12.7 Å². The number of halogens is 2. The van der Waals surface area contributed by atoms with Crippen LogP contribution in [0.4, 0.5) is 10.1 Å². The number of benzene rings is 2. The van der Waals surface area contributed by atoms with Crippen LogP contribution in [0.15, 0.2) is 41.3 Å². The number of hydrogen-bond acceptors (Lipinski definition) is 4. The van der Waals surface area contributed by atoms with E-state index in [2.05, 4.69) is 5.32 Å². The van der Waals surface area contributed by atoms with E-state index in [1.807, 2.05) is 0 Å². The van der Waals surface area contributed by atoms with Crippen LogP contribution < -0.4 is 5.32 Å². The molecule has 144 valence electrons. The predicted octanol–water partition coefficient (Wildman–Crippen LogP) is 3.06. The van der Waals surface area contributed by atoms with Crippen LogP contribution >= 0.6 is 11.6 Å². The number of sulfonamides is 1. The maximum Gasteiger partial charge on any atom is 0.258 e. The summed E-state index contributed by atoms with van der Waals surface area (Å²) in [6.45, 7) is 2.76. The lowest BCUT2D eigenvalue weighted by molar-refractivity contribution is 0.0730. The van der Waals surface area contributed by atoms with Gasteiger partial charge in [-0.05, 0) is 48.9 Å². The molecule has 0 bridgehead atoms. The Kier molecular flexibility index (Phi) is 5.81. The minimum Gasteiger partial charge on any atom is -0.379 e. The summed E-state index contributed by atoms with van der Waals surface area (Å²) in [6.07, 6.45) is 0. The highest BCUT2D eigenvalue weighted by atomic mass is 35.5. The molecule has 1 fully saturated rings. The van der Waals surface area contributed by atoms with E-state index in [0.717, 1.165) is 18.2 Å². The molecule has 0 aliphatic carbocycles. The van der Waals surface area contributed by atoms with Crippen molar-refractivity contribution in [2.24, 2.45) is 0 Å². The van der Waals surface area contributed by atoms with Gasteiger partial charge in [0.2, 0.25) is 10.0 Å². The summed E-state index contributed by atoms with van der Waals surface area (Å²) in [7, 11) is -3.83. The smallest absolute Gasteiger partial charge is 0.258 e. The number of rotatable bonds is 4. The maximum absolute atomic E-state index is 14.2. The van der Waals surface area contributed by atoms with E-state index < -0.39 is 21.7 Å². The minimum atomic E-state index is -3.83. The Morgan fingerprint density at radius 3 is 2.56 bits per heavy atom. The molecule has 0 spiro atoms. The molecule has 6 nitrogen and oxygen atoms in total. The Hall–Kier alpha value is -2.00. The topological polar surface area (TPSA) is 75.7 Å². The zero-order chi connectivity index (χ0) is 19.6. The van der Waals surface area contributed by atoms with Crippen molar-refractivity contribution in [3.63, 3.8) is 0 Å². The Morgan fingerprint density at radius 2 is 1.89 bits per heavy atom. The molecule has 1 N–H and O–H groups in total. The van der Waals surface area contributed by atoms with Crippen LogP contribution in [0.5, 0.6) is 0 Å². The van der Waals surface area contributed by atoms with Crippen LogP contribution in [0.25, 0.3) is 0 Å². The second-order valence-electron chi connectivity index (χ2n) is 6.07. The molecular weight excluding hydrogens is 395 g/mol. The number of nitrogens with one attached hydrogen (secondary N) is 1. The third-order valence-corrected chi connectivity index (χ3v) is 6.36. The summed E-state index contributed by atoms with van der Waals surface area (Å²) in [6, 6.07) is 8.05. The molecular formula is C18H18ClFN2O4S. The van der Waals surface area contributed by atoms with Crippen molar-refractivity contribution in [3.05, 3.63) is 58.4 Å². The zero-order valence-corrected chi connectivity index (χ0v) is 16.1. The molecule has 1 aliphatic heterocycles. The summed E-state index contributed by atoms with van der Waals surface area (Å²) in [5, 5.41) is 3.10. The third kappa shape index (κ3) is 4.30. The Balaban J connectivity index is 1.89. The molecule has 9 heteroatoms. The van der Waals surface area contributed by atoms with Crippen molar-refractivity contribution in [1.82, 2.24) is 4.31 Å². The van der Waals surface area contributed by atoms with Gasteiger partial charge in [0.15, 0.2) is 0 Å². The van der Waals surface area contributed by atoms with E-state index in [0.29, 0.717) is 29.5 Å². The molecule has 0 saturated carbocycles. The van der Waals surface area contributed by atoms with E-state index in [1.165, 1.54) is 4.31 Å². The second-order valence-corrected chi connectivity index (χ2v) is 8.45. The summed E-state index contributed by atoms with van der Waals surface area (Å²) in [5.41, 5.74) is 0.817. The monoisotopic (exact) mass is 412 g/mol. The van der Waals surface area contributed by atoms with Gasteiger partial charge in [-0.15, -0.1) is 0 Å². The standard InChI is InChI=1S/C18H18ClFN2O4S/c1-12-10-13(19)2-5-17(12)21-18(23)15-11-14(3-4-16(15)20)27(24,25)22-6-8-26-9-7-22/h2-5,10-11H,6-9H2,1H3,(H,21,23). The maximum atomic E-state index is 14.2. The number of aryl methyl sites for hydroxylation is 1. The largest absolute Gasteiger partial charge is 0.379 e. The average molecular weight is 413 g/mol. The van der Waals surface area contributed by atoms with Crippen LogP contribution in [0.1, 0.15) is 15.9 Å². The number of morpholine rings is 1. The van der Waals surface area contributed by atoms with Gasteiger partial charge in [0.1, 0.15) is 5.82 Å². The molecule has 3 rings (SSSR count). The number of carbonyl (C=O) groups excluding carboxylic acids is 1. The molecule has 0 aromatic heterocycles. The highest BCUT2D eigenvalue weighted by Crippen LogP contribution is 2.23. The van der Waals surface area contributed by atoms with Gasteiger partial charge in [0.25, 0.3) is 5.91 Å². The fourth-order valence-electron chi connectivity index (χ4n) is 2.73. The first-order chi connectivity index (χ1) is 12.8. The van der Waals surface area contributed by atoms with Gasteiger partial charge in [0, 0.05) is 23.8 Å². The molecule has 27 heavy (non-hydrogen) atoms. The molecule has 2 aromatic carbocycles. The number of anilines is 1. The second kappa shape index (κ2) is 7.93. The van der Waals surface area contributed by atoms with Crippen molar-refractivity contribution in [3.8, 4) is 0 Å². The SMILES string of the molecule is Cc1cc(Cl)ccc1NC(=O)c1cc(S(=O)(=O)N2CCOCC2)ccc1F. The van der Waals surface area contributed by atoms with Gasteiger partial charge >= 0.3 is 0 Å². The van der Waals surface area contributed by atoms with Crippen LogP contribution in [0.2, 0.25) is 5.02 Å². The number of nitrogens with zero attached hydrogens (tertiary/aromatic N) is 1. The Labute approximate surface area is 161 Å². The lowest BCUT2D eigenvalue weighted by Gasteiger charge is -2.26. The molecule has 0 radical (unpaired) electrons. The van der Waals surface area contributed by atoms with Gasteiger partial charge in [-0.1, -0.05) is 11.6 Å². The van der Waals surface area contributed by atoms with E-state index in [1.54, 1.807) is 25.1 Å². The highest BCUT2D eigenvalue weighted by molar-refractivity contribution is 7.89. The van der Waals surface area contributed by atoms with Crippen LogP contribution in [-0.4, -0.2) is 44.9 Å². The average Bonchev–Trinajstić information content (AvgIpc) is 2.65. The van der Waals surface area contributed by atoms with E-state index >= 15 is 0 Å². The van der Waals surface area contributed by atoms with E-state index in [9.17, 15) is 17.6 Å². The van der Waals surface area contributed by atoms with Gasteiger partial charge in [0.05, 0.1) is 23.7 Å². The third-order valence-electron chi connectivity index (χ3n) is 4.23.